The van der Waals surface area contributed by atoms with Crippen molar-refractivity contribution in [1.29, 1.82) is 0 Å². The van der Waals surface area contributed by atoms with Crippen LogP contribution in [0.2, 0.25) is 0 Å². The van der Waals surface area contributed by atoms with Crippen molar-refractivity contribution >= 4 is 11.9 Å². The summed E-state index contributed by atoms with van der Waals surface area (Å²) in [6.45, 7) is 9.68. The minimum Gasteiger partial charge on any atom is -0.478 e. The van der Waals surface area contributed by atoms with E-state index in [0.717, 1.165) is 12.5 Å². The second-order valence-corrected chi connectivity index (χ2v) is 2.97. The van der Waals surface area contributed by atoms with Gasteiger partial charge in [-0.2, -0.15) is 0 Å². The number of hydrogen-bond donors (Lipinski definition) is 2. The molecule has 2 N–H and O–H groups in total. The minimum absolute atomic E-state index is 0.176. The molecule has 0 amide bonds. The molecule has 0 heterocycles. The highest BCUT2D eigenvalue weighted by Crippen LogP contribution is 1.97. The zero-order chi connectivity index (χ0) is 13.1. The number of carboxylic acids is 1. The summed E-state index contributed by atoms with van der Waals surface area (Å²) in [5.74, 6) is -1.52. The average Bonchev–Trinajstić information content (AvgIpc) is 2.18. The van der Waals surface area contributed by atoms with Gasteiger partial charge in [0.15, 0.2) is 0 Å². The van der Waals surface area contributed by atoms with Crippen molar-refractivity contribution in [2.75, 3.05) is 0 Å². The van der Waals surface area contributed by atoms with Crippen LogP contribution in [0.25, 0.3) is 0 Å². The van der Waals surface area contributed by atoms with E-state index in [1.165, 1.54) is 6.92 Å². The first-order valence-electron chi connectivity index (χ1n) is 4.75. The van der Waals surface area contributed by atoms with E-state index in [1.54, 1.807) is 0 Å². The monoisotopic (exact) mass is 230 g/mol. The summed E-state index contributed by atoms with van der Waals surface area (Å²) in [5, 5.41) is 16.8. The molecule has 0 aromatic carbocycles. The van der Waals surface area contributed by atoms with Gasteiger partial charge in [0, 0.05) is 18.1 Å². The zero-order valence-electron chi connectivity index (χ0n) is 9.60. The molecule has 0 rings (SSSR count). The lowest BCUT2D eigenvalue weighted by Gasteiger charge is -2.07. The summed E-state index contributed by atoms with van der Waals surface area (Å²) in [7, 11) is 0. The molecule has 0 aliphatic rings. The molecule has 1 unspecified atom stereocenters. The molecular weight excluding hydrogens is 212 g/mol. The smallest absolute Gasteiger partial charge is 0.332 e. The molecular formula is C11H18O5. The molecule has 5 heteroatoms. The zero-order valence-corrected chi connectivity index (χ0v) is 9.60. The van der Waals surface area contributed by atoms with Gasteiger partial charge in [-0.1, -0.05) is 26.5 Å². The largest absolute Gasteiger partial charge is 0.478 e. The number of carbonyl (C=O) groups excluding carboxylic acids is 1. The Balaban J connectivity index is 0. The van der Waals surface area contributed by atoms with Gasteiger partial charge in [-0.15, -0.1) is 0 Å². The Labute approximate surface area is 95.0 Å². The fourth-order valence-electron chi connectivity index (χ4n) is 0.488. The second-order valence-electron chi connectivity index (χ2n) is 2.97. The van der Waals surface area contributed by atoms with Crippen LogP contribution in [-0.2, 0) is 14.3 Å². The molecule has 0 aliphatic heterocycles. The van der Waals surface area contributed by atoms with Crippen LogP contribution >= 0.6 is 0 Å². The summed E-state index contributed by atoms with van der Waals surface area (Å²) in [4.78, 5) is 20.0. The Morgan fingerprint density at radius 1 is 1.50 bits per heavy atom. The van der Waals surface area contributed by atoms with E-state index in [0.29, 0.717) is 6.42 Å². The highest BCUT2D eigenvalue weighted by Gasteiger charge is 2.05. The van der Waals surface area contributed by atoms with E-state index in [2.05, 4.69) is 17.9 Å². The Kier molecular flexibility index (Phi) is 10.4. The number of rotatable bonds is 5. The number of hydrogen-bond acceptors (Lipinski definition) is 4. The third kappa shape index (κ3) is 12.4. The van der Waals surface area contributed by atoms with Gasteiger partial charge >= 0.3 is 11.9 Å². The lowest BCUT2D eigenvalue weighted by atomic mass is 10.3. The number of aliphatic hydroxyl groups excluding tert-OH is 1. The van der Waals surface area contributed by atoms with E-state index in [4.69, 9.17) is 10.2 Å². The first-order valence-corrected chi connectivity index (χ1v) is 4.75. The van der Waals surface area contributed by atoms with Gasteiger partial charge in [-0.25, -0.2) is 9.59 Å². The Hall–Kier alpha value is -1.62. The van der Waals surface area contributed by atoms with E-state index in [1.807, 2.05) is 6.92 Å². The first kappa shape index (κ1) is 16.8. The van der Waals surface area contributed by atoms with Gasteiger partial charge in [0.2, 0.25) is 6.29 Å². The molecule has 16 heavy (non-hydrogen) atoms. The fourth-order valence-corrected chi connectivity index (χ4v) is 0.488. The molecule has 0 aromatic heterocycles. The normalized spacial score (nSPS) is 10.4. The SMILES string of the molecule is C=C(C)C(=O)O.C=CC(=O)OC(O)CCC. The number of esters is 1. The van der Waals surface area contributed by atoms with Crippen LogP contribution in [0.1, 0.15) is 26.7 Å². The number of aliphatic hydroxyl groups is 1. The van der Waals surface area contributed by atoms with Crippen molar-refractivity contribution < 1.29 is 24.5 Å². The van der Waals surface area contributed by atoms with Crippen LogP contribution in [0.3, 0.4) is 0 Å². The molecule has 0 saturated heterocycles. The van der Waals surface area contributed by atoms with Crippen LogP contribution in [0.5, 0.6) is 0 Å². The first-order chi connectivity index (χ1) is 7.34. The summed E-state index contributed by atoms with van der Waals surface area (Å²) in [6, 6.07) is 0. The lowest BCUT2D eigenvalue weighted by molar-refractivity contribution is -0.162. The molecule has 92 valence electrons. The number of ether oxygens (including phenoxy) is 1. The van der Waals surface area contributed by atoms with Crippen LogP contribution < -0.4 is 0 Å². The van der Waals surface area contributed by atoms with Crippen molar-refractivity contribution in [3.05, 3.63) is 24.8 Å². The standard InChI is InChI=1S/C7H12O3.C4H6O2/c1-3-5-7(9)10-6(8)4-2;1-3(2)4(5)6/h4,7,9H,2-3,5H2,1H3;1H2,2H3,(H,5,6). The highest BCUT2D eigenvalue weighted by molar-refractivity contribution is 5.84. The molecule has 0 radical (unpaired) electrons. The second kappa shape index (κ2) is 9.92. The Bertz CT molecular complexity index is 245. The molecule has 0 fully saturated rings. The summed E-state index contributed by atoms with van der Waals surface area (Å²) >= 11 is 0. The van der Waals surface area contributed by atoms with Gasteiger partial charge in [-0.05, 0) is 6.92 Å². The lowest BCUT2D eigenvalue weighted by Crippen LogP contribution is -2.15. The van der Waals surface area contributed by atoms with Crippen molar-refractivity contribution in [3.8, 4) is 0 Å². The summed E-state index contributed by atoms with van der Waals surface area (Å²) in [5.41, 5.74) is 0.176. The molecule has 0 aliphatic carbocycles. The summed E-state index contributed by atoms with van der Waals surface area (Å²) < 4.78 is 4.44. The van der Waals surface area contributed by atoms with Crippen LogP contribution in [0.4, 0.5) is 0 Å². The maximum Gasteiger partial charge on any atom is 0.332 e. The van der Waals surface area contributed by atoms with Crippen molar-refractivity contribution in [3.63, 3.8) is 0 Å². The van der Waals surface area contributed by atoms with Crippen LogP contribution in [0.15, 0.2) is 24.8 Å². The number of carboxylic acid groups (broad SMARTS) is 1. The molecule has 0 aromatic rings. The van der Waals surface area contributed by atoms with E-state index >= 15 is 0 Å². The van der Waals surface area contributed by atoms with Crippen LogP contribution in [0, 0.1) is 0 Å². The molecule has 0 spiro atoms. The van der Waals surface area contributed by atoms with Crippen molar-refractivity contribution in [2.24, 2.45) is 0 Å². The Morgan fingerprint density at radius 2 is 1.94 bits per heavy atom. The maximum atomic E-state index is 10.4. The van der Waals surface area contributed by atoms with E-state index in [-0.39, 0.29) is 5.57 Å². The van der Waals surface area contributed by atoms with Crippen molar-refractivity contribution in [2.45, 2.75) is 33.0 Å². The molecule has 5 nitrogen and oxygen atoms in total. The molecule has 0 saturated carbocycles. The third-order valence-corrected chi connectivity index (χ3v) is 1.32. The van der Waals surface area contributed by atoms with Gasteiger partial charge in [0.25, 0.3) is 0 Å². The highest BCUT2D eigenvalue weighted by atomic mass is 16.6. The van der Waals surface area contributed by atoms with E-state index in [9.17, 15) is 9.59 Å². The van der Waals surface area contributed by atoms with Gasteiger partial charge < -0.3 is 14.9 Å². The number of aliphatic carboxylic acids is 1. The topological polar surface area (TPSA) is 83.8 Å². The maximum absolute atomic E-state index is 10.4. The molecule has 0 bridgehead atoms. The average molecular weight is 230 g/mol. The third-order valence-electron chi connectivity index (χ3n) is 1.32. The Morgan fingerprint density at radius 3 is 2.19 bits per heavy atom. The predicted octanol–water partition coefficient (Wildman–Crippen LogP) is 1.48. The quantitative estimate of drug-likeness (QED) is 0.424. The predicted molar refractivity (Wildman–Crippen MR) is 59.7 cm³/mol. The minimum atomic E-state index is -0.976. The molecule has 1 atom stereocenters. The van der Waals surface area contributed by atoms with Crippen molar-refractivity contribution in [1.82, 2.24) is 0 Å². The van der Waals surface area contributed by atoms with Gasteiger partial charge in [0.1, 0.15) is 0 Å². The fraction of sp³-hybridized carbons (Fsp3) is 0.455. The van der Waals surface area contributed by atoms with E-state index < -0.39 is 18.2 Å². The summed E-state index contributed by atoms with van der Waals surface area (Å²) in [6.07, 6.45) is 1.31. The number of carbonyl (C=O) groups is 2. The van der Waals surface area contributed by atoms with Gasteiger partial charge in [-0.3, -0.25) is 0 Å². The van der Waals surface area contributed by atoms with Crippen LogP contribution in [-0.4, -0.2) is 28.4 Å². The van der Waals surface area contributed by atoms with Gasteiger partial charge in [0.05, 0.1) is 0 Å².